The maximum Gasteiger partial charge on any atom is 0.107 e. The largest absolute Gasteiger partial charge is 0.308 e. The van der Waals surface area contributed by atoms with Gasteiger partial charge in [-0.1, -0.05) is 57.4 Å². The Hall–Kier alpha value is -1.19. The van der Waals surface area contributed by atoms with Gasteiger partial charge in [-0.25, -0.2) is 4.98 Å². The van der Waals surface area contributed by atoms with Crippen LogP contribution in [0.25, 0.3) is 10.4 Å². The predicted octanol–water partition coefficient (Wildman–Crippen LogP) is 5.36. The topological polar surface area (TPSA) is 24.9 Å². The fraction of sp³-hybridized carbons (Fsp3) is 0.526. The van der Waals surface area contributed by atoms with Crippen LogP contribution in [0.5, 0.6) is 0 Å². The molecule has 0 atom stereocenters. The summed E-state index contributed by atoms with van der Waals surface area (Å²) in [5.41, 5.74) is 2.68. The lowest BCUT2D eigenvalue weighted by Gasteiger charge is -2.22. The van der Waals surface area contributed by atoms with Crippen LogP contribution in [0.3, 0.4) is 0 Å². The molecule has 118 valence electrons. The van der Waals surface area contributed by atoms with Gasteiger partial charge in [0.1, 0.15) is 5.01 Å². The molecule has 1 aromatic carbocycles. The van der Waals surface area contributed by atoms with Crippen molar-refractivity contribution < 1.29 is 0 Å². The summed E-state index contributed by atoms with van der Waals surface area (Å²) in [7, 11) is 0. The fourth-order valence-corrected chi connectivity index (χ4v) is 3.97. The van der Waals surface area contributed by atoms with Crippen LogP contribution in [0.1, 0.15) is 62.4 Å². The first kappa shape index (κ1) is 15.7. The Bertz CT molecular complexity index is 580. The van der Waals surface area contributed by atoms with E-state index in [1.165, 1.54) is 53.1 Å². The Balaban J connectivity index is 1.60. The third kappa shape index (κ3) is 3.96. The van der Waals surface area contributed by atoms with Crippen LogP contribution in [0, 0.1) is 0 Å². The van der Waals surface area contributed by atoms with Gasteiger partial charge in [0.2, 0.25) is 0 Å². The number of benzene rings is 1. The summed E-state index contributed by atoms with van der Waals surface area (Å²) in [5, 5.41) is 4.88. The average Bonchev–Trinajstić information content (AvgIpc) is 3.03. The molecule has 1 aromatic heterocycles. The molecule has 3 rings (SSSR count). The van der Waals surface area contributed by atoms with Crippen molar-refractivity contribution in [3.8, 4) is 10.4 Å². The van der Waals surface area contributed by atoms with Gasteiger partial charge in [0.15, 0.2) is 0 Å². The third-order valence-electron chi connectivity index (χ3n) is 4.56. The van der Waals surface area contributed by atoms with Gasteiger partial charge in [0, 0.05) is 18.8 Å². The quantitative estimate of drug-likeness (QED) is 0.804. The van der Waals surface area contributed by atoms with Crippen LogP contribution in [0.2, 0.25) is 0 Å². The number of hydrogen-bond acceptors (Lipinski definition) is 3. The molecule has 0 amide bonds. The molecule has 0 unspecified atom stereocenters. The lowest BCUT2D eigenvalue weighted by atomic mass is 9.96. The first-order valence-corrected chi connectivity index (χ1v) is 9.32. The molecule has 22 heavy (non-hydrogen) atoms. The second-order valence-corrected chi connectivity index (χ2v) is 7.73. The third-order valence-corrected chi connectivity index (χ3v) is 5.61. The van der Waals surface area contributed by atoms with Gasteiger partial charge in [0.25, 0.3) is 0 Å². The number of thiazole rings is 1. The normalized spacial score (nSPS) is 16.3. The molecule has 2 aromatic rings. The highest BCUT2D eigenvalue weighted by atomic mass is 32.1. The lowest BCUT2D eigenvalue weighted by molar-refractivity contribution is 0.372. The van der Waals surface area contributed by atoms with E-state index < -0.39 is 0 Å². The van der Waals surface area contributed by atoms with Crippen molar-refractivity contribution in [1.82, 2.24) is 10.3 Å². The minimum Gasteiger partial charge on any atom is -0.308 e. The van der Waals surface area contributed by atoms with E-state index in [2.05, 4.69) is 48.4 Å². The summed E-state index contributed by atoms with van der Waals surface area (Å²) in [6.07, 6.45) is 8.84. The van der Waals surface area contributed by atoms with Crippen LogP contribution in [-0.2, 0) is 6.54 Å². The Labute approximate surface area is 138 Å². The maximum atomic E-state index is 4.59. The Morgan fingerprint density at radius 2 is 1.86 bits per heavy atom. The minimum atomic E-state index is 0.589. The van der Waals surface area contributed by atoms with Crippen molar-refractivity contribution in [2.45, 2.75) is 64.5 Å². The van der Waals surface area contributed by atoms with Crippen LogP contribution < -0.4 is 5.32 Å². The molecule has 2 nitrogen and oxygen atoms in total. The first-order chi connectivity index (χ1) is 10.7. The van der Waals surface area contributed by atoms with E-state index in [0.29, 0.717) is 12.0 Å². The summed E-state index contributed by atoms with van der Waals surface area (Å²) in [6.45, 7) is 5.38. The molecule has 1 aliphatic rings. The highest BCUT2D eigenvalue weighted by Crippen LogP contribution is 2.28. The zero-order valence-corrected chi connectivity index (χ0v) is 14.5. The highest BCUT2D eigenvalue weighted by Gasteiger charge is 2.13. The van der Waals surface area contributed by atoms with Crippen molar-refractivity contribution in [3.05, 3.63) is 41.0 Å². The molecule has 1 N–H and O–H groups in total. The molecule has 1 aliphatic carbocycles. The Kier molecular flexibility index (Phi) is 5.27. The molecule has 1 heterocycles. The Morgan fingerprint density at radius 3 is 2.55 bits per heavy atom. The zero-order chi connectivity index (χ0) is 15.4. The number of rotatable bonds is 5. The summed E-state index contributed by atoms with van der Waals surface area (Å²) >= 11 is 1.82. The van der Waals surface area contributed by atoms with Gasteiger partial charge < -0.3 is 5.32 Å². The number of hydrogen-bond donors (Lipinski definition) is 1. The van der Waals surface area contributed by atoms with Crippen molar-refractivity contribution in [2.24, 2.45) is 0 Å². The number of nitrogens with one attached hydrogen (secondary N) is 1. The van der Waals surface area contributed by atoms with Crippen LogP contribution in [-0.4, -0.2) is 11.0 Å². The summed E-state index contributed by atoms with van der Waals surface area (Å²) in [6, 6.07) is 9.62. The van der Waals surface area contributed by atoms with Crippen LogP contribution in [0.15, 0.2) is 30.5 Å². The molecular weight excluding hydrogens is 288 g/mol. The van der Waals surface area contributed by atoms with Gasteiger partial charge in [-0.2, -0.15) is 0 Å². The van der Waals surface area contributed by atoms with E-state index in [0.717, 1.165) is 6.54 Å². The molecule has 1 fully saturated rings. The molecule has 0 radical (unpaired) electrons. The number of nitrogens with zero attached hydrogens (tertiary/aromatic N) is 1. The van der Waals surface area contributed by atoms with Crippen LogP contribution in [0.4, 0.5) is 0 Å². The van der Waals surface area contributed by atoms with E-state index >= 15 is 0 Å². The molecule has 0 saturated heterocycles. The molecule has 0 aliphatic heterocycles. The second-order valence-electron chi connectivity index (χ2n) is 6.61. The smallest absolute Gasteiger partial charge is 0.107 e. The molecule has 1 saturated carbocycles. The maximum absolute atomic E-state index is 4.59. The highest BCUT2D eigenvalue weighted by molar-refractivity contribution is 7.15. The van der Waals surface area contributed by atoms with Crippen molar-refractivity contribution in [3.63, 3.8) is 0 Å². The number of aromatic nitrogens is 1. The van der Waals surface area contributed by atoms with E-state index in [1.807, 2.05) is 17.5 Å². The summed E-state index contributed by atoms with van der Waals surface area (Å²) in [4.78, 5) is 5.86. The van der Waals surface area contributed by atoms with E-state index in [-0.39, 0.29) is 0 Å². The fourth-order valence-electron chi connectivity index (χ4n) is 3.10. The van der Waals surface area contributed by atoms with Crippen molar-refractivity contribution in [1.29, 1.82) is 0 Å². The standard InChI is InChI=1S/C19H26N2S/c1-14(2)15-8-10-16(11-9-15)18-12-21-19(22-18)13-20-17-6-4-3-5-7-17/h8-12,14,17,20H,3-7,13H2,1-2H3. The second kappa shape index (κ2) is 7.38. The van der Waals surface area contributed by atoms with Crippen molar-refractivity contribution in [2.75, 3.05) is 0 Å². The molecule has 0 spiro atoms. The van der Waals surface area contributed by atoms with E-state index in [1.54, 1.807) is 0 Å². The average molecular weight is 314 g/mol. The van der Waals surface area contributed by atoms with Gasteiger partial charge in [-0.15, -0.1) is 11.3 Å². The van der Waals surface area contributed by atoms with Crippen molar-refractivity contribution >= 4 is 11.3 Å². The lowest BCUT2D eigenvalue weighted by Crippen LogP contribution is -2.30. The van der Waals surface area contributed by atoms with Crippen LogP contribution >= 0.6 is 11.3 Å². The van der Waals surface area contributed by atoms with Gasteiger partial charge in [-0.05, 0) is 29.9 Å². The molecule has 0 bridgehead atoms. The minimum absolute atomic E-state index is 0.589. The monoisotopic (exact) mass is 314 g/mol. The predicted molar refractivity (Wildman–Crippen MR) is 95.4 cm³/mol. The van der Waals surface area contributed by atoms with Gasteiger partial charge in [-0.3, -0.25) is 0 Å². The SMILES string of the molecule is CC(C)c1ccc(-c2cnc(CNC3CCCCC3)s2)cc1. The zero-order valence-electron chi connectivity index (χ0n) is 13.6. The first-order valence-electron chi connectivity index (χ1n) is 8.51. The van der Waals surface area contributed by atoms with E-state index in [4.69, 9.17) is 0 Å². The van der Waals surface area contributed by atoms with Gasteiger partial charge in [0.05, 0.1) is 4.88 Å². The summed E-state index contributed by atoms with van der Waals surface area (Å²) in [5.74, 6) is 0.589. The van der Waals surface area contributed by atoms with E-state index in [9.17, 15) is 0 Å². The molecular formula is C19H26N2S. The Morgan fingerprint density at radius 1 is 1.14 bits per heavy atom. The summed E-state index contributed by atoms with van der Waals surface area (Å²) < 4.78 is 0. The van der Waals surface area contributed by atoms with Gasteiger partial charge >= 0.3 is 0 Å². The molecule has 3 heteroatoms.